The normalized spacial score (nSPS) is 11.5. The number of carboxylic acid groups (broad SMARTS) is 1. The van der Waals surface area contributed by atoms with Gasteiger partial charge in [0.15, 0.2) is 23.3 Å². The summed E-state index contributed by atoms with van der Waals surface area (Å²) in [5.74, 6) is -4.34. The first-order valence-corrected chi connectivity index (χ1v) is 14.8. The number of nitrogens with one attached hydrogen (secondary N) is 3. The first kappa shape index (κ1) is 39.1. The number of halogens is 4. The van der Waals surface area contributed by atoms with Crippen LogP contribution in [0.4, 0.5) is 17.6 Å². The second kappa shape index (κ2) is 19.6. The summed E-state index contributed by atoms with van der Waals surface area (Å²) in [5, 5.41) is 41.3. The molecule has 0 heterocycles. The molecule has 0 spiro atoms. The van der Waals surface area contributed by atoms with E-state index in [1.165, 1.54) is 0 Å². The highest BCUT2D eigenvalue weighted by Crippen LogP contribution is 2.15. The second-order valence-corrected chi connectivity index (χ2v) is 10.6. The first-order chi connectivity index (χ1) is 22.3. The van der Waals surface area contributed by atoms with Gasteiger partial charge in [-0.1, -0.05) is 25.0 Å². The van der Waals surface area contributed by atoms with Crippen molar-refractivity contribution in [3.63, 3.8) is 0 Å². The van der Waals surface area contributed by atoms with Crippen LogP contribution in [0.5, 0.6) is 0 Å². The van der Waals surface area contributed by atoms with Gasteiger partial charge in [0.25, 0.3) is 11.8 Å². The highest BCUT2D eigenvalue weighted by atomic mass is 19.2. The maximum atomic E-state index is 14.7. The SMILES string of the molecule is NN[C@@H](CCCCNC(=O)CN(CCCCCCNC(=O)c1ccc(B(O)O)c(F)c1F)C(=O)c1ccc(BO)c(F)c1F)C(=O)O. The molecule has 0 fully saturated rings. The summed E-state index contributed by atoms with van der Waals surface area (Å²) in [4.78, 5) is 50.0. The van der Waals surface area contributed by atoms with E-state index in [0.29, 0.717) is 38.5 Å². The number of nitrogens with two attached hydrogens (primary N) is 1. The molecule has 0 radical (unpaired) electrons. The Morgan fingerprint density at radius 2 is 1.45 bits per heavy atom. The molecule has 0 bridgehead atoms. The monoisotopic (exact) mass is 669 g/mol. The van der Waals surface area contributed by atoms with Crippen molar-refractivity contribution in [1.82, 2.24) is 21.0 Å². The summed E-state index contributed by atoms with van der Waals surface area (Å²) in [5.41, 5.74) is -0.147. The molecule has 19 heteroatoms. The summed E-state index contributed by atoms with van der Waals surface area (Å²) in [6.07, 6.45) is 2.70. The molecule has 2 rings (SSSR count). The van der Waals surface area contributed by atoms with Crippen LogP contribution in [-0.2, 0) is 9.59 Å². The molecule has 0 aliphatic carbocycles. The molecule has 47 heavy (non-hydrogen) atoms. The van der Waals surface area contributed by atoms with Crippen LogP contribution in [0, 0.1) is 23.3 Å². The number of aliphatic carboxylic acids is 1. The predicted molar refractivity (Wildman–Crippen MR) is 164 cm³/mol. The Morgan fingerprint density at radius 1 is 0.830 bits per heavy atom. The van der Waals surface area contributed by atoms with Gasteiger partial charge in [-0.05, 0) is 49.7 Å². The van der Waals surface area contributed by atoms with Crippen LogP contribution in [0.1, 0.15) is 65.7 Å². The van der Waals surface area contributed by atoms with E-state index in [-0.39, 0.29) is 31.5 Å². The van der Waals surface area contributed by atoms with Crippen LogP contribution in [0.15, 0.2) is 24.3 Å². The molecule has 0 saturated heterocycles. The van der Waals surface area contributed by atoms with E-state index >= 15 is 0 Å². The van der Waals surface area contributed by atoms with E-state index in [4.69, 9.17) is 21.0 Å². The van der Waals surface area contributed by atoms with Gasteiger partial charge in [0, 0.05) is 25.1 Å². The Morgan fingerprint density at radius 3 is 2.09 bits per heavy atom. The maximum absolute atomic E-state index is 14.7. The zero-order valence-corrected chi connectivity index (χ0v) is 25.4. The molecular formula is C28H37B2F4N5O8. The molecule has 13 nitrogen and oxygen atoms in total. The smallest absolute Gasteiger partial charge is 0.480 e. The van der Waals surface area contributed by atoms with E-state index < -0.39 is 90.7 Å². The molecule has 0 aromatic heterocycles. The van der Waals surface area contributed by atoms with Crippen molar-refractivity contribution in [1.29, 1.82) is 0 Å². The summed E-state index contributed by atoms with van der Waals surface area (Å²) >= 11 is 0. The number of hydrazine groups is 1. The fraction of sp³-hybridized carbons (Fsp3) is 0.429. The maximum Gasteiger partial charge on any atom is 0.491 e. The molecule has 2 aromatic carbocycles. The van der Waals surface area contributed by atoms with Gasteiger partial charge in [0.1, 0.15) is 6.04 Å². The highest BCUT2D eigenvalue weighted by Gasteiger charge is 2.26. The lowest BCUT2D eigenvalue weighted by Crippen LogP contribution is -2.42. The number of amides is 3. The first-order valence-electron chi connectivity index (χ1n) is 14.8. The second-order valence-electron chi connectivity index (χ2n) is 10.6. The number of nitrogens with zero attached hydrogens (tertiary/aromatic N) is 1. The number of carboxylic acids is 1. The third-order valence-electron chi connectivity index (χ3n) is 7.20. The topological polar surface area (TPSA) is 215 Å². The van der Waals surface area contributed by atoms with Gasteiger partial charge in [-0.2, -0.15) is 0 Å². The Labute approximate surface area is 268 Å². The lowest BCUT2D eigenvalue weighted by Gasteiger charge is -2.23. The van der Waals surface area contributed by atoms with Crippen LogP contribution >= 0.6 is 0 Å². The number of hydrogen-bond acceptors (Lipinski definition) is 9. The largest absolute Gasteiger partial charge is 0.491 e. The lowest BCUT2D eigenvalue weighted by atomic mass is 9.79. The molecule has 0 unspecified atom stereocenters. The third-order valence-corrected chi connectivity index (χ3v) is 7.20. The van der Waals surface area contributed by atoms with Crippen LogP contribution < -0.4 is 32.8 Å². The number of benzene rings is 2. The van der Waals surface area contributed by atoms with Gasteiger partial charge < -0.3 is 35.7 Å². The Bertz CT molecular complexity index is 1410. The molecular weight excluding hydrogens is 632 g/mol. The Kier molecular flexibility index (Phi) is 16.3. The van der Waals surface area contributed by atoms with Crippen molar-refractivity contribution in [3.05, 3.63) is 58.7 Å². The molecule has 0 aliphatic rings. The average molecular weight is 669 g/mol. The van der Waals surface area contributed by atoms with Crippen molar-refractivity contribution in [3.8, 4) is 0 Å². The highest BCUT2D eigenvalue weighted by molar-refractivity contribution is 6.58. The van der Waals surface area contributed by atoms with Gasteiger partial charge in [0.2, 0.25) is 5.91 Å². The number of carbonyl (C=O) groups excluding carboxylic acids is 3. The number of rotatable bonds is 20. The van der Waals surface area contributed by atoms with E-state index in [9.17, 15) is 41.8 Å². The average Bonchev–Trinajstić information content (AvgIpc) is 3.03. The van der Waals surface area contributed by atoms with Crippen LogP contribution in [0.3, 0.4) is 0 Å². The zero-order valence-electron chi connectivity index (χ0n) is 25.4. The third kappa shape index (κ3) is 11.6. The molecule has 9 N–H and O–H groups in total. The number of carbonyl (C=O) groups is 4. The quantitative estimate of drug-likeness (QED) is 0.0269. The summed E-state index contributed by atoms with van der Waals surface area (Å²) in [7, 11) is -3.04. The fourth-order valence-electron chi connectivity index (χ4n) is 4.53. The van der Waals surface area contributed by atoms with Gasteiger partial charge in [-0.25, -0.2) is 23.0 Å². The summed E-state index contributed by atoms with van der Waals surface area (Å²) in [6.45, 7) is -0.293. The van der Waals surface area contributed by atoms with Crippen LogP contribution in [0.2, 0.25) is 0 Å². The minimum absolute atomic E-state index is 0.0303. The lowest BCUT2D eigenvalue weighted by molar-refractivity contribution is -0.139. The molecule has 3 amide bonds. The Balaban J connectivity index is 1.92. The Hall–Kier alpha value is -4.03. The number of hydrogen-bond donors (Lipinski definition) is 8. The van der Waals surface area contributed by atoms with Crippen molar-refractivity contribution < 1.29 is 56.9 Å². The van der Waals surface area contributed by atoms with Gasteiger partial charge in [-0.15, -0.1) is 0 Å². The zero-order chi connectivity index (χ0) is 35.1. The van der Waals surface area contributed by atoms with E-state index in [0.717, 1.165) is 29.2 Å². The predicted octanol–water partition coefficient (Wildman–Crippen LogP) is -1.47. The van der Waals surface area contributed by atoms with Gasteiger partial charge in [0.05, 0.1) is 17.7 Å². The van der Waals surface area contributed by atoms with Crippen molar-refractivity contribution in [2.24, 2.45) is 5.84 Å². The van der Waals surface area contributed by atoms with E-state index in [1.807, 2.05) is 0 Å². The fourth-order valence-corrected chi connectivity index (χ4v) is 4.53. The molecule has 256 valence electrons. The van der Waals surface area contributed by atoms with Crippen molar-refractivity contribution >= 4 is 49.2 Å². The molecule has 0 saturated carbocycles. The molecule has 0 aliphatic heterocycles. The molecule has 1 atom stereocenters. The van der Waals surface area contributed by atoms with Crippen molar-refractivity contribution in [2.45, 2.75) is 51.0 Å². The van der Waals surface area contributed by atoms with Gasteiger partial charge in [-0.3, -0.25) is 25.0 Å². The minimum atomic E-state index is -2.25. The van der Waals surface area contributed by atoms with Gasteiger partial charge >= 0.3 is 20.6 Å². The van der Waals surface area contributed by atoms with Crippen molar-refractivity contribution in [2.75, 3.05) is 26.2 Å². The summed E-state index contributed by atoms with van der Waals surface area (Å²) in [6, 6.07) is 2.92. The van der Waals surface area contributed by atoms with Crippen LogP contribution in [0.25, 0.3) is 0 Å². The minimum Gasteiger partial charge on any atom is -0.480 e. The molecule has 2 aromatic rings. The standard InChI is InChI=1S/C28H37B2F4N5O8/c31-22-16(9-11-19(25(22)34)30(46)47)26(41)37-13-4-1-2-6-14-39(27(42)17-8-10-18(29-45)24(33)23(17)32)15-21(40)36-12-5-3-7-20(38-35)28(43)44/h8-11,20,29,38,45-47H,1-7,12-15,35H2,(H,36,40)(H,37,41)(H,43,44)/t20-/m0/s1. The van der Waals surface area contributed by atoms with Crippen LogP contribution in [-0.4, -0.2) is 95.6 Å². The number of unbranched alkanes of at least 4 members (excludes halogenated alkanes) is 4. The van der Waals surface area contributed by atoms with E-state index in [2.05, 4.69) is 16.1 Å². The van der Waals surface area contributed by atoms with E-state index in [1.54, 1.807) is 0 Å². The summed E-state index contributed by atoms with van der Waals surface area (Å²) < 4.78 is 57.0.